The number of carboxylic acid groups (broad SMARTS) is 1. The molecule has 0 aromatic heterocycles. The molecule has 1 aromatic rings. The summed E-state index contributed by atoms with van der Waals surface area (Å²) in [6, 6.07) is 1.43. The molecular weight excluding hydrogens is 306 g/mol. The van der Waals surface area contributed by atoms with E-state index in [1.54, 1.807) is 0 Å². The van der Waals surface area contributed by atoms with E-state index in [-0.39, 0.29) is 35.7 Å². The number of aliphatic hydroxyl groups is 3. The van der Waals surface area contributed by atoms with Crippen LogP contribution in [0, 0.1) is 0 Å². The Balaban J connectivity index is 0.000000433. The Morgan fingerprint density at radius 1 is 1.22 bits per heavy atom. The third-order valence-electron chi connectivity index (χ3n) is 3.70. The van der Waals surface area contributed by atoms with Gasteiger partial charge in [-0.2, -0.15) is 0 Å². The number of ketones is 2. The molecule has 0 heterocycles. The molecular formula is C15H15NO7. The van der Waals surface area contributed by atoms with Gasteiger partial charge in [0.25, 0.3) is 0 Å². The van der Waals surface area contributed by atoms with Gasteiger partial charge in [-0.15, -0.1) is 0 Å². The number of fused-ring (bicyclic) bond motifs is 3. The fourth-order valence-corrected chi connectivity index (χ4v) is 2.84. The summed E-state index contributed by atoms with van der Waals surface area (Å²) >= 11 is 0. The minimum Gasteiger partial charge on any atom is -0.465 e. The Morgan fingerprint density at radius 2 is 1.78 bits per heavy atom. The highest BCUT2D eigenvalue weighted by Crippen LogP contribution is 2.39. The number of hydrogen-bond donors (Lipinski definition) is 5. The third-order valence-corrected chi connectivity index (χ3v) is 3.70. The summed E-state index contributed by atoms with van der Waals surface area (Å²) in [4.78, 5) is 32.5. The van der Waals surface area contributed by atoms with E-state index in [0.29, 0.717) is 16.7 Å². The first-order valence-electron chi connectivity index (χ1n) is 6.68. The maximum Gasteiger partial charge on any atom is 0.402 e. The summed E-state index contributed by atoms with van der Waals surface area (Å²) in [6.07, 6.45) is -0.975. The molecule has 0 fully saturated rings. The summed E-state index contributed by atoms with van der Waals surface area (Å²) in [5, 5.41) is 36.2. The van der Waals surface area contributed by atoms with Crippen molar-refractivity contribution in [2.75, 3.05) is 0 Å². The van der Waals surface area contributed by atoms with E-state index >= 15 is 0 Å². The van der Waals surface area contributed by atoms with Crippen molar-refractivity contribution in [1.29, 1.82) is 0 Å². The Morgan fingerprint density at radius 3 is 2.35 bits per heavy atom. The fourth-order valence-electron chi connectivity index (χ4n) is 2.84. The number of aliphatic hydroxyl groups excluding tert-OH is 3. The minimum atomic E-state index is -1.33. The zero-order valence-electron chi connectivity index (χ0n) is 11.9. The minimum absolute atomic E-state index is 0.111. The first kappa shape index (κ1) is 16.8. The normalized spacial score (nSPS) is 21.3. The lowest BCUT2D eigenvalue weighted by Crippen LogP contribution is -2.16. The monoisotopic (exact) mass is 321 g/mol. The first-order chi connectivity index (χ1) is 10.8. The first-order valence-corrected chi connectivity index (χ1v) is 6.68. The van der Waals surface area contributed by atoms with Gasteiger partial charge in [0.2, 0.25) is 0 Å². The number of benzene rings is 1. The van der Waals surface area contributed by atoms with E-state index in [9.17, 15) is 24.9 Å². The Hall–Kier alpha value is -2.55. The highest BCUT2D eigenvalue weighted by molar-refractivity contribution is 6.23. The predicted octanol–water partition coefficient (Wildman–Crippen LogP) is -0.312. The number of amides is 1. The van der Waals surface area contributed by atoms with Crippen molar-refractivity contribution in [3.63, 3.8) is 0 Å². The van der Waals surface area contributed by atoms with Crippen LogP contribution in [0.4, 0.5) is 4.79 Å². The second-order valence-corrected chi connectivity index (χ2v) is 5.12. The van der Waals surface area contributed by atoms with Crippen molar-refractivity contribution in [3.8, 4) is 0 Å². The molecule has 0 saturated carbocycles. The van der Waals surface area contributed by atoms with Crippen LogP contribution in [0.2, 0.25) is 0 Å². The number of carbonyl (C=O) groups is 3. The van der Waals surface area contributed by atoms with Crippen LogP contribution in [-0.4, -0.2) is 44.2 Å². The number of primary amides is 1. The van der Waals surface area contributed by atoms with Crippen molar-refractivity contribution in [3.05, 3.63) is 46.0 Å². The average Bonchev–Trinajstić information content (AvgIpc) is 2.77. The van der Waals surface area contributed by atoms with Crippen molar-refractivity contribution >= 4 is 17.7 Å². The summed E-state index contributed by atoms with van der Waals surface area (Å²) < 4.78 is 0. The van der Waals surface area contributed by atoms with Gasteiger partial charge in [0.1, 0.15) is 6.10 Å². The van der Waals surface area contributed by atoms with Crippen LogP contribution in [0.3, 0.4) is 0 Å². The molecule has 1 aromatic carbocycles. The van der Waals surface area contributed by atoms with E-state index < -0.39 is 18.3 Å². The van der Waals surface area contributed by atoms with E-state index in [4.69, 9.17) is 9.90 Å². The molecule has 2 aliphatic rings. The molecule has 0 spiro atoms. The molecule has 122 valence electrons. The molecule has 0 radical (unpaired) electrons. The van der Waals surface area contributed by atoms with Crippen LogP contribution in [0.15, 0.2) is 18.2 Å². The van der Waals surface area contributed by atoms with E-state index in [1.165, 1.54) is 18.2 Å². The Labute approximate surface area is 130 Å². The molecule has 23 heavy (non-hydrogen) atoms. The maximum atomic E-state index is 11.9. The highest BCUT2D eigenvalue weighted by atomic mass is 16.4. The van der Waals surface area contributed by atoms with Crippen molar-refractivity contribution in [2.24, 2.45) is 5.73 Å². The van der Waals surface area contributed by atoms with Crippen LogP contribution in [-0.2, 0) is 13.0 Å². The van der Waals surface area contributed by atoms with Crippen molar-refractivity contribution in [2.45, 2.75) is 25.2 Å². The Kier molecular flexibility index (Phi) is 4.60. The summed E-state index contributed by atoms with van der Waals surface area (Å²) in [6.45, 7) is -0.357. The lowest BCUT2D eigenvalue weighted by Gasteiger charge is -2.17. The van der Waals surface area contributed by atoms with Crippen molar-refractivity contribution in [1.82, 2.24) is 0 Å². The predicted molar refractivity (Wildman–Crippen MR) is 77.0 cm³/mol. The van der Waals surface area contributed by atoms with Gasteiger partial charge < -0.3 is 26.2 Å². The molecule has 0 saturated heterocycles. The lowest BCUT2D eigenvalue weighted by atomic mass is 9.86. The second-order valence-electron chi connectivity index (χ2n) is 5.12. The van der Waals surface area contributed by atoms with Gasteiger partial charge in [-0.3, -0.25) is 9.59 Å². The molecule has 2 atom stereocenters. The number of hydrogen-bond acceptors (Lipinski definition) is 6. The average molecular weight is 321 g/mol. The van der Waals surface area contributed by atoms with Crippen LogP contribution in [0.1, 0.15) is 43.5 Å². The molecule has 0 bridgehead atoms. The van der Waals surface area contributed by atoms with Crippen LogP contribution in [0.25, 0.3) is 0 Å². The molecule has 3 rings (SSSR count). The quantitative estimate of drug-likeness (QED) is 0.474. The molecule has 6 N–H and O–H groups in total. The number of rotatable bonds is 1. The number of carbonyl (C=O) groups excluding carboxylic acids is 2. The smallest absolute Gasteiger partial charge is 0.402 e. The van der Waals surface area contributed by atoms with E-state index in [2.05, 4.69) is 5.73 Å². The van der Waals surface area contributed by atoms with Gasteiger partial charge in [0.15, 0.2) is 11.6 Å². The molecule has 8 heteroatoms. The van der Waals surface area contributed by atoms with Gasteiger partial charge in [0, 0.05) is 17.5 Å². The number of nitrogens with two attached hydrogens (primary N) is 1. The van der Waals surface area contributed by atoms with Gasteiger partial charge >= 0.3 is 6.09 Å². The van der Waals surface area contributed by atoms with E-state index in [0.717, 1.165) is 0 Å². The topological polar surface area (TPSA) is 158 Å². The number of allylic oxidation sites excluding steroid dienone is 2. The van der Waals surface area contributed by atoms with E-state index in [1.807, 2.05) is 0 Å². The molecule has 1 amide bonds. The standard InChI is InChI=1S/C14H12O5.CH3NO2/c15-5-6-3-7-9(16)1-2-10(17)13(7)8-4-11(18)14(19)12(6)8;2-1(3)4/h1-3,11,14-15,18-19H,4-5H2;2H2,(H,3,4). The summed E-state index contributed by atoms with van der Waals surface area (Å²) in [7, 11) is 0. The third kappa shape index (κ3) is 3.00. The van der Waals surface area contributed by atoms with Crippen LogP contribution >= 0.6 is 0 Å². The summed E-state index contributed by atoms with van der Waals surface area (Å²) in [5.74, 6) is -0.611. The SMILES string of the molecule is NC(=O)O.O=C1C=CC(=O)c2c1cc(CO)c1c2CC(O)C1O. The largest absolute Gasteiger partial charge is 0.465 e. The van der Waals surface area contributed by atoms with Crippen molar-refractivity contribution < 1.29 is 34.8 Å². The molecule has 2 aliphatic carbocycles. The zero-order valence-corrected chi connectivity index (χ0v) is 11.9. The zero-order chi connectivity index (χ0) is 17.3. The summed E-state index contributed by atoms with van der Waals surface area (Å²) in [5.41, 5.74) is 5.75. The molecule has 2 unspecified atom stereocenters. The molecule has 0 aliphatic heterocycles. The van der Waals surface area contributed by atoms with Gasteiger partial charge in [-0.1, -0.05) is 0 Å². The van der Waals surface area contributed by atoms with Gasteiger partial charge in [-0.25, -0.2) is 4.79 Å². The maximum absolute atomic E-state index is 11.9. The van der Waals surface area contributed by atoms with Crippen LogP contribution in [0.5, 0.6) is 0 Å². The fraction of sp³-hybridized carbons (Fsp3) is 0.267. The lowest BCUT2D eigenvalue weighted by molar-refractivity contribution is 0.0317. The van der Waals surface area contributed by atoms with Gasteiger partial charge in [0.05, 0.1) is 12.7 Å². The second kappa shape index (κ2) is 6.29. The van der Waals surface area contributed by atoms with Crippen LogP contribution < -0.4 is 5.73 Å². The molecule has 8 nitrogen and oxygen atoms in total. The Bertz CT molecular complexity index is 719. The van der Waals surface area contributed by atoms with Gasteiger partial charge in [-0.05, 0) is 34.9 Å². The highest BCUT2D eigenvalue weighted by Gasteiger charge is 2.37.